The number of amides is 1. The summed E-state index contributed by atoms with van der Waals surface area (Å²) in [6.07, 6.45) is 2.16. The van der Waals surface area contributed by atoms with Crippen molar-refractivity contribution in [3.8, 4) is 10.6 Å². The molecule has 158 valence electrons. The molecule has 1 fully saturated rings. The molecule has 0 aliphatic carbocycles. The lowest BCUT2D eigenvalue weighted by Gasteiger charge is -2.36. The van der Waals surface area contributed by atoms with Crippen molar-refractivity contribution in [1.29, 1.82) is 0 Å². The van der Waals surface area contributed by atoms with Gasteiger partial charge in [-0.2, -0.15) is 0 Å². The second kappa shape index (κ2) is 9.17. The Morgan fingerprint density at radius 3 is 2.93 bits per heavy atom. The van der Waals surface area contributed by atoms with E-state index in [4.69, 9.17) is 0 Å². The fourth-order valence-corrected chi connectivity index (χ4v) is 5.17. The Hall–Kier alpha value is -2.40. The van der Waals surface area contributed by atoms with E-state index in [1.165, 1.54) is 11.3 Å². The van der Waals surface area contributed by atoms with Crippen molar-refractivity contribution >= 4 is 39.5 Å². The van der Waals surface area contributed by atoms with Crippen LogP contribution in [0.2, 0.25) is 0 Å². The van der Waals surface area contributed by atoms with Crippen molar-refractivity contribution in [1.82, 2.24) is 25.2 Å². The van der Waals surface area contributed by atoms with Gasteiger partial charge < -0.3 is 20.6 Å². The second-order valence-electron chi connectivity index (χ2n) is 7.11. The molecule has 1 aliphatic heterocycles. The highest BCUT2D eigenvalue weighted by atomic mass is 32.1. The van der Waals surface area contributed by atoms with E-state index in [1.807, 2.05) is 24.1 Å². The Kier molecular flexibility index (Phi) is 6.38. The summed E-state index contributed by atoms with van der Waals surface area (Å²) >= 11 is 3.14. The van der Waals surface area contributed by atoms with E-state index in [1.54, 1.807) is 29.7 Å². The van der Waals surface area contributed by atoms with Crippen LogP contribution in [0.25, 0.3) is 10.6 Å². The number of aromatic nitrogens is 3. The third kappa shape index (κ3) is 4.51. The normalized spacial score (nSPS) is 16.6. The van der Waals surface area contributed by atoms with Crippen LogP contribution in [-0.2, 0) is 0 Å². The average molecular weight is 445 g/mol. The number of carbonyl (C=O) groups is 1. The Bertz CT molecular complexity index is 1010. The molecule has 1 aliphatic rings. The molecule has 10 heteroatoms. The molecule has 1 saturated heterocycles. The van der Waals surface area contributed by atoms with Crippen LogP contribution >= 0.6 is 22.7 Å². The van der Waals surface area contributed by atoms with Crippen molar-refractivity contribution in [2.24, 2.45) is 0 Å². The van der Waals surface area contributed by atoms with E-state index in [2.05, 4.69) is 25.6 Å². The summed E-state index contributed by atoms with van der Waals surface area (Å²) in [6.45, 7) is 6.13. The zero-order valence-corrected chi connectivity index (χ0v) is 18.5. The summed E-state index contributed by atoms with van der Waals surface area (Å²) in [5.41, 5.74) is 2.44. The average Bonchev–Trinajstić information content (AvgIpc) is 3.34. The lowest BCUT2D eigenvalue weighted by molar-refractivity contribution is 0.0600. The first-order valence-electron chi connectivity index (χ1n) is 9.80. The van der Waals surface area contributed by atoms with E-state index in [-0.39, 0.29) is 18.6 Å². The number of pyridine rings is 1. The van der Waals surface area contributed by atoms with Gasteiger partial charge in [0.1, 0.15) is 5.82 Å². The van der Waals surface area contributed by atoms with Crippen LogP contribution in [0, 0.1) is 13.8 Å². The summed E-state index contributed by atoms with van der Waals surface area (Å²) in [5.74, 6) is 0.582. The summed E-state index contributed by atoms with van der Waals surface area (Å²) in [6, 6.07) is 3.57. The number of nitrogens with one attached hydrogen (secondary N) is 2. The number of piperazine rings is 1. The smallest absolute Gasteiger partial charge is 0.255 e. The van der Waals surface area contributed by atoms with E-state index >= 15 is 0 Å². The maximum Gasteiger partial charge on any atom is 0.255 e. The monoisotopic (exact) mass is 444 g/mol. The second-order valence-corrected chi connectivity index (χ2v) is 9.17. The van der Waals surface area contributed by atoms with Gasteiger partial charge in [-0.25, -0.2) is 15.0 Å². The maximum atomic E-state index is 12.9. The number of anilines is 2. The first-order chi connectivity index (χ1) is 14.5. The van der Waals surface area contributed by atoms with Crippen molar-refractivity contribution < 1.29 is 9.90 Å². The minimum Gasteiger partial charge on any atom is -0.396 e. The molecule has 3 N–H and O–H groups in total. The van der Waals surface area contributed by atoms with Crippen LogP contribution in [0.1, 0.15) is 27.5 Å². The van der Waals surface area contributed by atoms with E-state index in [9.17, 15) is 9.90 Å². The summed E-state index contributed by atoms with van der Waals surface area (Å²) in [5, 5.41) is 19.5. The largest absolute Gasteiger partial charge is 0.396 e. The molecule has 4 heterocycles. The van der Waals surface area contributed by atoms with Gasteiger partial charge in [-0.15, -0.1) is 22.7 Å². The molecule has 0 radical (unpaired) electrons. The molecule has 4 rings (SSSR count). The number of thiazole rings is 2. The number of aryl methyl sites for hydroxylation is 2. The Balaban J connectivity index is 1.44. The van der Waals surface area contributed by atoms with Crippen molar-refractivity contribution in [2.75, 3.05) is 31.6 Å². The van der Waals surface area contributed by atoms with Gasteiger partial charge in [-0.1, -0.05) is 0 Å². The minimum atomic E-state index is -0.0541. The number of rotatable bonds is 6. The van der Waals surface area contributed by atoms with Gasteiger partial charge in [-0.3, -0.25) is 4.79 Å². The van der Waals surface area contributed by atoms with E-state index in [0.29, 0.717) is 30.9 Å². The zero-order valence-electron chi connectivity index (χ0n) is 16.9. The van der Waals surface area contributed by atoms with Crippen molar-refractivity contribution in [3.63, 3.8) is 0 Å². The van der Waals surface area contributed by atoms with Crippen molar-refractivity contribution in [3.05, 3.63) is 40.0 Å². The molecule has 0 aromatic carbocycles. The lowest BCUT2D eigenvalue weighted by Crippen LogP contribution is -2.53. The van der Waals surface area contributed by atoms with Gasteiger partial charge in [0.2, 0.25) is 0 Å². The van der Waals surface area contributed by atoms with Gasteiger partial charge in [0.15, 0.2) is 5.13 Å². The molecule has 3 aromatic rings. The van der Waals surface area contributed by atoms with Crippen LogP contribution in [-0.4, -0.2) is 63.1 Å². The molecule has 0 spiro atoms. The first kappa shape index (κ1) is 20.9. The third-order valence-electron chi connectivity index (χ3n) is 4.96. The van der Waals surface area contributed by atoms with Crippen LogP contribution < -0.4 is 10.6 Å². The fourth-order valence-electron chi connectivity index (χ4n) is 3.51. The van der Waals surface area contributed by atoms with E-state index < -0.39 is 0 Å². The molecule has 1 amide bonds. The SMILES string of the molecule is Cc1nc(C)c(-c2csc(Nc3ccc(C(=O)N4CCNCC4CCO)cn3)n2)s1. The van der Waals surface area contributed by atoms with Crippen molar-refractivity contribution in [2.45, 2.75) is 26.3 Å². The van der Waals surface area contributed by atoms with Gasteiger partial charge in [0.05, 0.1) is 26.8 Å². The Labute approximate surface area is 183 Å². The number of aliphatic hydroxyl groups excluding tert-OH is 1. The molecule has 1 unspecified atom stereocenters. The molecular weight excluding hydrogens is 420 g/mol. The molecule has 30 heavy (non-hydrogen) atoms. The minimum absolute atomic E-state index is 0.00151. The van der Waals surface area contributed by atoms with Gasteiger partial charge in [-0.05, 0) is 32.4 Å². The molecule has 3 aromatic heterocycles. The number of aliphatic hydroxyl groups is 1. The summed E-state index contributed by atoms with van der Waals surface area (Å²) in [7, 11) is 0. The predicted octanol–water partition coefficient (Wildman–Crippen LogP) is 2.82. The van der Waals surface area contributed by atoms with Gasteiger partial charge >= 0.3 is 0 Å². The molecule has 0 saturated carbocycles. The lowest BCUT2D eigenvalue weighted by atomic mass is 10.1. The molecule has 8 nitrogen and oxygen atoms in total. The topological polar surface area (TPSA) is 103 Å². The third-order valence-corrected chi connectivity index (χ3v) is 6.81. The van der Waals surface area contributed by atoms with Crippen LogP contribution in [0.3, 0.4) is 0 Å². The number of hydrogen-bond donors (Lipinski definition) is 3. The fraction of sp³-hybridized carbons (Fsp3) is 0.400. The molecule has 0 bridgehead atoms. The zero-order chi connectivity index (χ0) is 21.1. The first-order valence-corrected chi connectivity index (χ1v) is 11.5. The van der Waals surface area contributed by atoms with Crippen LogP contribution in [0.4, 0.5) is 10.9 Å². The molecular formula is C20H24N6O2S2. The summed E-state index contributed by atoms with van der Waals surface area (Å²) < 4.78 is 0. The van der Waals surface area contributed by atoms with Gasteiger partial charge in [0, 0.05) is 43.9 Å². The maximum absolute atomic E-state index is 12.9. The number of hydrogen-bond acceptors (Lipinski definition) is 9. The predicted molar refractivity (Wildman–Crippen MR) is 120 cm³/mol. The standard InChI is InChI=1S/C20H24N6O2S2/c1-12-18(30-13(2)23-12)16-11-29-20(24-16)25-17-4-3-14(9-22-17)19(28)26-7-6-21-10-15(26)5-8-27/h3-4,9,11,15,21,27H,5-8,10H2,1-2H3,(H,22,24,25). The van der Waals surface area contributed by atoms with Gasteiger partial charge in [0.25, 0.3) is 5.91 Å². The number of carbonyl (C=O) groups excluding carboxylic acids is 1. The van der Waals surface area contributed by atoms with Crippen LogP contribution in [0.5, 0.6) is 0 Å². The highest BCUT2D eigenvalue weighted by molar-refractivity contribution is 7.16. The van der Waals surface area contributed by atoms with Crippen LogP contribution in [0.15, 0.2) is 23.7 Å². The highest BCUT2D eigenvalue weighted by Gasteiger charge is 2.27. The molecule has 1 atom stereocenters. The Morgan fingerprint density at radius 2 is 2.23 bits per heavy atom. The number of nitrogens with zero attached hydrogens (tertiary/aromatic N) is 4. The quantitative estimate of drug-likeness (QED) is 0.537. The highest BCUT2D eigenvalue weighted by Crippen LogP contribution is 2.32. The van der Waals surface area contributed by atoms with E-state index in [0.717, 1.165) is 32.9 Å². The summed E-state index contributed by atoms with van der Waals surface area (Å²) in [4.78, 5) is 29.3. The Morgan fingerprint density at radius 1 is 1.37 bits per heavy atom.